The van der Waals surface area contributed by atoms with Gasteiger partial charge in [-0.05, 0) is 30.9 Å². The molecule has 1 saturated heterocycles. The van der Waals surface area contributed by atoms with E-state index in [1.165, 1.54) is 19.2 Å². The fourth-order valence-corrected chi connectivity index (χ4v) is 2.10. The standard InChI is InChI=1S/C14H18FNO3/c1-18-11-2-3-12(13(15)8-11)14(17)16-6-4-10-5-7-19-9-10/h2-3,8,10H,4-7,9H2,1H3,(H,16,17). The van der Waals surface area contributed by atoms with Gasteiger partial charge >= 0.3 is 0 Å². The number of nitrogens with one attached hydrogen (secondary N) is 1. The highest BCUT2D eigenvalue weighted by Gasteiger charge is 2.16. The van der Waals surface area contributed by atoms with Crippen LogP contribution in [0.1, 0.15) is 23.2 Å². The second kappa shape index (κ2) is 6.52. The van der Waals surface area contributed by atoms with Gasteiger partial charge in [0.25, 0.3) is 5.91 Å². The first-order valence-electron chi connectivity index (χ1n) is 6.40. The third-order valence-electron chi connectivity index (χ3n) is 3.28. The number of halogens is 1. The van der Waals surface area contributed by atoms with Crippen molar-refractivity contribution < 1.29 is 18.7 Å². The Bertz CT molecular complexity index is 444. The van der Waals surface area contributed by atoms with Crippen molar-refractivity contribution >= 4 is 5.91 Å². The minimum absolute atomic E-state index is 0.0449. The van der Waals surface area contributed by atoms with Crippen LogP contribution in [0.25, 0.3) is 0 Å². The molecule has 1 fully saturated rings. The Balaban J connectivity index is 1.85. The van der Waals surface area contributed by atoms with E-state index in [1.807, 2.05) is 0 Å². The molecule has 1 aliphatic heterocycles. The number of benzene rings is 1. The molecule has 19 heavy (non-hydrogen) atoms. The van der Waals surface area contributed by atoms with Gasteiger partial charge in [-0.2, -0.15) is 0 Å². The van der Waals surface area contributed by atoms with Crippen LogP contribution in [0.4, 0.5) is 4.39 Å². The monoisotopic (exact) mass is 267 g/mol. The summed E-state index contributed by atoms with van der Waals surface area (Å²) in [5.41, 5.74) is 0.0449. The van der Waals surface area contributed by atoms with Gasteiger partial charge in [0.1, 0.15) is 11.6 Å². The summed E-state index contributed by atoms with van der Waals surface area (Å²) >= 11 is 0. The Hall–Kier alpha value is -1.62. The average molecular weight is 267 g/mol. The number of ether oxygens (including phenoxy) is 2. The first-order chi connectivity index (χ1) is 9.20. The summed E-state index contributed by atoms with van der Waals surface area (Å²) in [5, 5.41) is 2.73. The lowest BCUT2D eigenvalue weighted by Crippen LogP contribution is -2.26. The zero-order valence-corrected chi connectivity index (χ0v) is 10.9. The van der Waals surface area contributed by atoms with Crippen LogP contribution in [-0.2, 0) is 4.74 Å². The Morgan fingerprint density at radius 2 is 2.42 bits per heavy atom. The van der Waals surface area contributed by atoms with Gasteiger partial charge in [-0.3, -0.25) is 4.79 Å². The average Bonchev–Trinajstić information content (AvgIpc) is 2.91. The lowest BCUT2D eigenvalue weighted by Gasteiger charge is -2.09. The van der Waals surface area contributed by atoms with Gasteiger partial charge in [0, 0.05) is 25.8 Å². The largest absolute Gasteiger partial charge is 0.497 e. The highest BCUT2D eigenvalue weighted by Crippen LogP contribution is 2.17. The van der Waals surface area contributed by atoms with Gasteiger partial charge in [0.15, 0.2) is 0 Å². The SMILES string of the molecule is COc1ccc(C(=O)NCCC2CCOC2)c(F)c1. The number of amides is 1. The number of methoxy groups -OCH3 is 1. The molecule has 1 amide bonds. The van der Waals surface area contributed by atoms with Crippen molar-refractivity contribution in [3.05, 3.63) is 29.6 Å². The molecule has 4 nitrogen and oxygen atoms in total. The van der Waals surface area contributed by atoms with Crippen molar-refractivity contribution in [2.45, 2.75) is 12.8 Å². The molecule has 0 radical (unpaired) electrons. The van der Waals surface area contributed by atoms with Gasteiger partial charge < -0.3 is 14.8 Å². The lowest BCUT2D eigenvalue weighted by molar-refractivity contribution is 0.0946. The molecule has 1 aliphatic rings. The molecule has 2 rings (SSSR count). The number of rotatable bonds is 5. The van der Waals surface area contributed by atoms with E-state index in [0.29, 0.717) is 18.2 Å². The van der Waals surface area contributed by atoms with Gasteiger partial charge in [-0.25, -0.2) is 4.39 Å². The molecule has 1 atom stereocenters. The molecule has 1 aromatic carbocycles. The molecule has 0 bridgehead atoms. The first kappa shape index (κ1) is 13.8. The normalized spacial score (nSPS) is 18.3. The zero-order chi connectivity index (χ0) is 13.7. The van der Waals surface area contributed by atoms with E-state index in [-0.39, 0.29) is 11.5 Å². The van der Waals surface area contributed by atoms with Crippen LogP contribution in [0.3, 0.4) is 0 Å². The Morgan fingerprint density at radius 3 is 3.05 bits per heavy atom. The Morgan fingerprint density at radius 1 is 1.58 bits per heavy atom. The van der Waals surface area contributed by atoms with Crippen molar-refractivity contribution in [1.82, 2.24) is 5.32 Å². The van der Waals surface area contributed by atoms with E-state index in [2.05, 4.69) is 5.32 Å². The molecule has 1 heterocycles. The fraction of sp³-hybridized carbons (Fsp3) is 0.500. The lowest BCUT2D eigenvalue weighted by atomic mass is 10.1. The Labute approximate surface area is 111 Å². The number of carbonyl (C=O) groups excluding carboxylic acids is 1. The second-order valence-corrected chi connectivity index (χ2v) is 4.62. The van der Waals surface area contributed by atoms with E-state index in [4.69, 9.17) is 9.47 Å². The summed E-state index contributed by atoms with van der Waals surface area (Å²) in [7, 11) is 1.46. The minimum atomic E-state index is -0.568. The summed E-state index contributed by atoms with van der Waals surface area (Å²) < 4.78 is 23.8. The quantitative estimate of drug-likeness (QED) is 0.887. The molecule has 1 aromatic rings. The molecule has 0 saturated carbocycles. The highest BCUT2D eigenvalue weighted by molar-refractivity contribution is 5.94. The van der Waals surface area contributed by atoms with Crippen molar-refractivity contribution in [3.63, 3.8) is 0 Å². The Kier molecular flexibility index (Phi) is 4.74. The number of hydrogen-bond donors (Lipinski definition) is 1. The summed E-state index contributed by atoms with van der Waals surface area (Å²) in [5.74, 6) is -0.0571. The third-order valence-corrected chi connectivity index (χ3v) is 3.28. The zero-order valence-electron chi connectivity index (χ0n) is 10.9. The van der Waals surface area contributed by atoms with Gasteiger partial charge in [0.2, 0.25) is 0 Å². The summed E-state index contributed by atoms with van der Waals surface area (Å²) in [6.07, 6.45) is 1.90. The molecule has 1 N–H and O–H groups in total. The molecule has 5 heteroatoms. The molecule has 0 aliphatic carbocycles. The van der Waals surface area contributed by atoms with Gasteiger partial charge in [0.05, 0.1) is 12.7 Å². The van der Waals surface area contributed by atoms with Crippen LogP contribution >= 0.6 is 0 Å². The number of hydrogen-bond acceptors (Lipinski definition) is 3. The van der Waals surface area contributed by atoms with E-state index >= 15 is 0 Å². The third kappa shape index (κ3) is 3.67. The van der Waals surface area contributed by atoms with Gasteiger partial charge in [-0.15, -0.1) is 0 Å². The second-order valence-electron chi connectivity index (χ2n) is 4.62. The van der Waals surface area contributed by atoms with Crippen molar-refractivity contribution in [2.75, 3.05) is 26.9 Å². The maximum Gasteiger partial charge on any atom is 0.254 e. The first-order valence-corrected chi connectivity index (χ1v) is 6.40. The van der Waals surface area contributed by atoms with Crippen LogP contribution in [0, 0.1) is 11.7 Å². The van der Waals surface area contributed by atoms with Crippen LogP contribution in [0.5, 0.6) is 5.75 Å². The van der Waals surface area contributed by atoms with E-state index in [0.717, 1.165) is 26.1 Å². The van der Waals surface area contributed by atoms with Crippen LogP contribution < -0.4 is 10.1 Å². The fourth-order valence-electron chi connectivity index (χ4n) is 2.10. The molecule has 1 unspecified atom stereocenters. The van der Waals surface area contributed by atoms with E-state index in [1.54, 1.807) is 6.07 Å². The smallest absolute Gasteiger partial charge is 0.254 e. The number of carbonyl (C=O) groups is 1. The van der Waals surface area contributed by atoms with E-state index in [9.17, 15) is 9.18 Å². The minimum Gasteiger partial charge on any atom is -0.497 e. The highest BCUT2D eigenvalue weighted by atomic mass is 19.1. The van der Waals surface area contributed by atoms with Crippen LogP contribution in [0.15, 0.2) is 18.2 Å². The van der Waals surface area contributed by atoms with Crippen molar-refractivity contribution in [3.8, 4) is 5.75 Å². The van der Waals surface area contributed by atoms with Gasteiger partial charge in [-0.1, -0.05) is 0 Å². The predicted octanol–water partition coefficient (Wildman–Crippen LogP) is 1.99. The molecular weight excluding hydrogens is 249 g/mol. The maximum atomic E-state index is 13.7. The van der Waals surface area contributed by atoms with Crippen molar-refractivity contribution in [1.29, 1.82) is 0 Å². The molecular formula is C14H18FNO3. The van der Waals surface area contributed by atoms with E-state index < -0.39 is 5.82 Å². The maximum absolute atomic E-state index is 13.7. The topological polar surface area (TPSA) is 47.6 Å². The molecule has 0 spiro atoms. The molecule has 0 aromatic heterocycles. The summed E-state index contributed by atoms with van der Waals surface area (Å²) in [6, 6.07) is 4.21. The molecule has 104 valence electrons. The predicted molar refractivity (Wildman–Crippen MR) is 68.8 cm³/mol. The van der Waals surface area contributed by atoms with Crippen LogP contribution in [-0.4, -0.2) is 32.8 Å². The summed E-state index contributed by atoms with van der Waals surface area (Å²) in [6.45, 7) is 2.09. The van der Waals surface area contributed by atoms with Crippen LogP contribution in [0.2, 0.25) is 0 Å². The van der Waals surface area contributed by atoms with Crippen molar-refractivity contribution in [2.24, 2.45) is 5.92 Å². The summed E-state index contributed by atoms with van der Waals surface area (Å²) in [4.78, 5) is 11.8.